The highest BCUT2D eigenvalue weighted by Gasteiger charge is 2.15. The van der Waals surface area contributed by atoms with E-state index in [1.165, 1.54) is 36.3 Å². The molecule has 222 valence electrons. The van der Waals surface area contributed by atoms with E-state index in [1.807, 2.05) is 41.8 Å². The summed E-state index contributed by atoms with van der Waals surface area (Å²) in [5, 5.41) is 13.8. The largest absolute Gasteiger partial charge is 0.456 e. The van der Waals surface area contributed by atoms with Crippen molar-refractivity contribution in [3.63, 3.8) is 0 Å². The first kappa shape index (κ1) is 26.0. The van der Waals surface area contributed by atoms with Crippen molar-refractivity contribution in [2.45, 2.75) is 0 Å². The van der Waals surface area contributed by atoms with Crippen LogP contribution in [0.5, 0.6) is 0 Å². The fourth-order valence-electron chi connectivity index (χ4n) is 7.58. The summed E-state index contributed by atoms with van der Waals surface area (Å²) in [6.07, 6.45) is 2.01. The molecule has 11 aromatic rings. The number of aromatic nitrogens is 2. The molecule has 48 heavy (non-hydrogen) atoms. The van der Waals surface area contributed by atoms with Crippen LogP contribution in [-0.2, 0) is 0 Å². The van der Waals surface area contributed by atoms with Crippen LogP contribution in [-0.4, -0.2) is 9.97 Å². The minimum Gasteiger partial charge on any atom is -0.456 e. The van der Waals surface area contributed by atoms with Gasteiger partial charge in [-0.05, 0) is 76.1 Å². The van der Waals surface area contributed by atoms with Gasteiger partial charge in [0.15, 0.2) is 0 Å². The van der Waals surface area contributed by atoms with Crippen molar-refractivity contribution in [1.82, 2.24) is 9.97 Å². The normalized spacial score (nSPS) is 12.2. The Balaban J connectivity index is 1.33. The second-order valence-electron chi connectivity index (χ2n) is 12.6. The summed E-state index contributed by atoms with van der Waals surface area (Å²) >= 11 is 1.84. The summed E-state index contributed by atoms with van der Waals surface area (Å²) in [6.45, 7) is 0. The molecule has 0 aliphatic carbocycles. The molecule has 5 heterocycles. The number of thiophene rings is 1. The van der Waals surface area contributed by atoms with Gasteiger partial charge < -0.3 is 4.42 Å². The Kier molecular flexibility index (Phi) is 5.26. The van der Waals surface area contributed by atoms with Gasteiger partial charge >= 0.3 is 0 Å². The van der Waals surface area contributed by atoms with Crippen molar-refractivity contribution < 1.29 is 4.42 Å². The fourth-order valence-corrected chi connectivity index (χ4v) is 8.70. The lowest BCUT2D eigenvalue weighted by atomic mass is 10.00. The maximum absolute atomic E-state index is 6.24. The maximum atomic E-state index is 6.24. The van der Waals surface area contributed by atoms with Crippen LogP contribution >= 0.6 is 11.3 Å². The number of nitrogens with zero attached hydrogens (tertiary/aromatic N) is 2. The third-order valence-corrected chi connectivity index (χ3v) is 11.0. The molecule has 0 radical (unpaired) electrons. The van der Waals surface area contributed by atoms with Gasteiger partial charge in [-0.2, -0.15) is 0 Å². The van der Waals surface area contributed by atoms with Gasteiger partial charge in [0.05, 0.1) is 16.7 Å². The first-order chi connectivity index (χ1) is 23.7. The Morgan fingerprint density at radius 1 is 0.458 bits per heavy atom. The highest BCUT2D eigenvalue weighted by molar-refractivity contribution is 7.26. The topological polar surface area (TPSA) is 38.9 Å². The van der Waals surface area contributed by atoms with Crippen LogP contribution in [0.1, 0.15) is 0 Å². The van der Waals surface area contributed by atoms with Crippen molar-refractivity contribution in [2.75, 3.05) is 0 Å². The average molecular weight is 629 g/mol. The number of benzene rings is 6. The van der Waals surface area contributed by atoms with E-state index in [-0.39, 0.29) is 0 Å². The highest BCUT2D eigenvalue weighted by Crippen LogP contribution is 2.41. The summed E-state index contributed by atoms with van der Waals surface area (Å²) in [7, 11) is 0. The first-order valence-corrected chi connectivity index (χ1v) is 17.0. The van der Waals surface area contributed by atoms with Crippen LogP contribution in [0.2, 0.25) is 0 Å². The zero-order valence-electron chi connectivity index (χ0n) is 25.6. The molecule has 11 rings (SSSR count). The van der Waals surface area contributed by atoms with Crippen molar-refractivity contribution in [1.29, 1.82) is 0 Å². The Morgan fingerprint density at radius 2 is 1.19 bits per heavy atom. The third-order valence-electron chi connectivity index (χ3n) is 9.83. The smallest absolute Gasteiger partial charge is 0.136 e. The van der Waals surface area contributed by atoms with Crippen LogP contribution in [0.25, 0.3) is 107 Å². The summed E-state index contributed by atoms with van der Waals surface area (Å²) in [5.74, 6) is 0. The minimum atomic E-state index is 0.861. The standard InChI is InChI=1S/C44H24N2OS/c1-2-14-38-33(11-1)42-31(12-5-15-39(42)47-38)36-23-34-30(24-45-36)22-37-32-13-6-16-41-43(32)35-21-28(17-18-40(35)48-41)26-8-3-7-25(19-26)27-9-4-10-29(20-27)44(34)46-37/h1-24H. The predicted molar refractivity (Wildman–Crippen MR) is 204 cm³/mol. The number of hydrogen-bond acceptors (Lipinski definition) is 4. The van der Waals surface area contributed by atoms with Crippen molar-refractivity contribution >= 4 is 108 Å². The predicted octanol–water partition coefficient (Wildman–Crippen LogP) is 12.7. The van der Waals surface area contributed by atoms with E-state index in [1.54, 1.807) is 0 Å². The highest BCUT2D eigenvalue weighted by atomic mass is 32.1. The molecule has 0 atom stereocenters. The second kappa shape index (κ2) is 9.71. The summed E-state index contributed by atoms with van der Waals surface area (Å²) in [5.41, 5.74) is 5.58. The SMILES string of the molecule is c1cc2cc(c1)c1ccc3sc4cccc(c5cc6cnc(-c7cccc8oc9ccccc9c78)cc6c(n5)c5cccc2c5)c4c3c1. The molecule has 0 aliphatic heterocycles. The van der Waals surface area contributed by atoms with Crippen LogP contribution in [0.3, 0.4) is 0 Å². The van der Waals surface area contributed by atoms with E-state index < -0.39 is 0 Å². The van der Waals surface area contributed by atoms with Gasteiger partial charge in [-0.15, -0.1) is 11.3 Å². The molecule has 6 aromatic carbocycles. The van der Waals surface area contributed by atoms with Crippen LogP contribution in [0, 0.1) is 0 Å². The first-order valence-electron chi connectivity index (χ1n) is 16.1. The molecular formula is C44H24N2OS. The van der Waals surface area contributed by atoms with E-state index in [0.717, 1.165) is 71.2 Å². The fraction of sp³-hybridized carbons (Fsp3) is 0. The Bertz CT molecular complexity index is 3190. The molecule has 0 fully saturated rings. The van der Waals surface area contributed by atoms with E-state index in [2.05, 4.69) is 115 Å². The molecule has 0 amide bonds. The lowest BCUT2D eigenvalue weighted by Crippen LogP contribution is -1.89. The molecule has 0 aliphatic rings. The summed E-state index contributed by atoms with van der Waals surface area (Å²) in [6, 6.07) is 50.0. The van der Waals surface area contributed by atoms with Gasteiger partial charge in [0, 0.05) is 64.2 Å². The summed E-state index contributed by atoms with van der Waals surface area (Å²) in [4.78, 5) is 10.6. The molecule has 0 N–H and O–H groups in total. The molecule has 4 heteroatoms. The number of para-hydroxylation sites is 1. The van der Waals surface area contributed by atoms with Gasteiger partial charge in [0.2, 0.25) is 0 Å². The monoisotopic (exact) mass is 628 g/mol. The van der Waals surface area contributed by atoms with Crippen molar-refractivity contribution in [3.05, 3.63) is 146 Å². The molecule has 0 spiro atoms. The molecule has 0 unspecified atom stereocenters. The Morgan fingerprint density at radius 3 is 2.08 bits per heavy atom. The quantitative estimate of drug-likeness (QED) is 0.182. The zero-order valence-corrected chi connectivity index (χ0v) is 26.4. The minimum absolute atomic E-state index is 0.861. The van der Waals surface area contributed by atoms with E-state index >= 15 is 0 Å². The van der Waals surface area contributed by atoms with Gasteiger partial charge in [0.25, 0.3) is 0 Å². The average Bonchev–Trinajstić information content (AvgIpc) is 3.72. The van der Waals surface area contributed by atoms with Crippen molar-refractivity contribution in [3.8, 4) is 11.3 Å². The number of fused-ring (bicyclic) bond motifs is 16. The molecule has 3 nitrogen and oxygen atoms in total. The van der Waals surface area contributed by atoms with Gasteiger partial charge in [-0.1, -0.05) is 84.9 Å². The van der Waals surface area contributed by atoms with Gasteiger partial charge in [-0.3, -0.25) is 4.98 Å². The zero-order chi connectivity index (χ0) is 31.3. The molecule has 8 bridgehead atoms. The second-order valence-corrected chi connectivity index (χ2v) is 13.7. The Labute approximate surface area is 278 Å². The van der Waals surface area contributed by atoms with Crippen LogP contribution in [0.15, 0.2) is 150 Å². The maximum Gasteiger partial charge on any atom is 0.136 e. The van der Waals surface area contributed by atoms with E-state index in [9.17, 15) is 0 Å². The lowest BCUT2D eigenvalue weighted by Gasteiger charge is -2.09. The molecule has 0 saturated carbocycles. The molecule has 0 saturated heterocycles. The number of hydrogen-bond donors (Lipinski definition) is 0. The van der Waals surface area contributed by atoms with Crippen molar-refractivity contribution in [2.24, 2.45) is 0 Å². The van der Waals surface area contributed by atoms with Gasteiger partial charge in [-0.25, -0.2) is 4.98 Å². The third kappa shape index (κ3) is 3.75. The Hall–Kier alpha value is -6.10. The van der Waals surface area contributed by atoms with Gasteiger partial charge in [0.1, 0.15) is 11.2 Å². The van der Waals surface area contributed by atoms with Crippen LogP contribution < -0.4 is 0 Å². The number of rotatable bonds is 1. The van der Waals surface area contributed by atoms with E-state index in [0.29, 0.717) is 0 Å². The molecular weight excluding hydrogens is 605 g/mol. The van der Waals surface area contributed by atoms with Crippen LogP contribution in [0.4, 0.5) is 0 Å². The lowest BCUT2D eigenvalue weighted by molar-refractivity contribution is 0.669. The number of pyridine rings is 2. The molecule has 5 aromatic heterocycles. The van der Waals surface area contributed by atoms with E-state index in [4.69, 9.17) is 14.4 Å². The summed E-state index contributed by atoms with van der Waals surface area (Å²) < 4.78 is 8.78. The number of furan rings is 1.